The van der Waals surface area contributed by atoms with Gasteiger partial charge in [-0.15, -0.1) is 0 Å². The molecule has 0 saturated carbocycles. The van der Waals surface area contributed by atoms with Crippen molar-refractivity contribution in [3.8, 4) is 0 Å². The van der Waals surface area contributed by atoms with Gasteiger partial charge in [0, 0.05) is 6.42 Å². The maximum Gasteiger partial charge on any atom is 0.220 e. The topological polar surface area (TPSA) is 58.6 Å². The summed E-state index contributed by atoms with van der Waals surface area (Å²) in [5.41, 5.74) is 2.30. The predicted octanol–water partition coefficient (Wildman–Crippen LogP) is 2.74. The summed E-state index contributed by atoms with van der Waals surface area (Å²) < 4.78 is 5.62. The second kappa shape index (κ2) is 10.6. The second-order valence-electron chi connectivity index (χ2n) is 6.27. The van der Waals surface area contributed by atoms with Gasteiger partial charge in [-0.2, -0.15) is 0 Å². The standard InChI is InChI=1S/C21H27NO3/c1-17(15-23)25-16-20(14-19-10-6-3-7-11-19)22-21(24)13-12-18-8-4-2-5-9-18/h2-11,17,20,23H,12-16H2,1H3,(H,22,24). The van der Waals surface area contributed by atoms with Crippen LogP contribution < -0.4 is 5.32 Å². The maximum atomic E-state index is 12.3. The van der Waals surface area contributed by atoms with Crippen molar-refractivity contribution in [3.05, 3.63) is 71.8 Å². The molecule has 2 unspecified atom stereocenters. The normalized spacial score (nSPS) is 13.2. The molecule has 2 aromatic carbocycles. The summed E-state index contributed by atoms with van der Waals surface area (Å²) >= 11 is 0. The molecule has 0 aromatic heterocycles. The van der Waals surface area contributed by atoms with E-state index < -0.39 is 0 Å². The van der Waals surface area contributed by atoms with Crippen molar-refractivity contribution in [2.24, 2.45) is 0 Å². The van der Waals surface area contributed by atoms with Gasteiger partial charge in [-0.05, 0) is 30.9 Å². The van der Waals surface area contributed by atoms with Gasteiger partial charge in [0.15, 0.2) is 0 Å². The molecule has 0 heterocycles. The smallest absolute Gasteiger partial charge is 0.220 e. The molecule has 4 heteroatoms. The Morgan fingerprint density at radius 3 is 2.24 bits per heavy atom. The van der Waals surface area contributed by atoms with E-state index in [0.717, 1.165) is 17.5 Å². The molecule has 0 spiro atoms. The van der Waals surface area contributed by atoms with E-state index in [4.69, 9.17) is 9.84 Å². The van der Waals surface area contributed by atoms with E-state index >= 15 is 0 Å². The number of ether oxygens (including phenoxy) is 1. The number of aryl methyl sites for hydroxylation is 1. The summed E-state index contributed by atoms with van der Waals surface area (Å²) in [7, 11) is 0. The molecule has 0 radical (unpaired) electrons. The first-order chi connectivity index (χ1) is 12.2. The fraction of sp³-hybridized carbons (Fsp3) is 0.381. The van der Waals surface area contributed by atoms with Crippen LogP contribution in [-0.2, 0) is 22.4 Å². The van der Waals surface area contributed by atoms with E-state index in [1.54, 1.807) is 0 Å². The minimum Gasteiger partial charge on any atom is -0.394 e. The number of amides is 1. The van der Waals surface area contributed by atoms with Crippen LogP contribution in [0.15, 0.2) is 60.7 Å². The Balaban J connectivity index is 1.88. The van der Waals surface area contributed by atoms with Crippen molar-refractivity contribution in [3.63, 3.8) is 0 Å². The summed E-state index contributed by atoms with van der Waals surface area (Å²) in [6.07, 6.45) is 1.64. The number of carbonyl (C=O) groups excluding carboxylic acids is 1. The molecule has 1 amide bonds. The van der Waals surface area contributed by atoms with Crippen LogP contribution in [0.4, 0.5) is 0 Å². The van der Waals surface area contributed by atoms with Gasteiger partial charge in [-0.3, -0.25) is 4.79 Å². The maximum absolute atomic E-state index is 12.3. The molecule has 0 aliphatic heterocycles. The number of carbonyl (C=O) groups is 1. The molecule has 0 bridgehead atoms. The lowest BCUT2D eigenvalue weighted by Gasteiger charge is -2.21. The van der Waals surface area contributed by atoms with Crippen molar-refractivity contribution in [1.82, 2.24) is 5.32 Å². The number of aliphatic hydroxyl groups is 1. The lowest BCUT2D eigenvalue weighted by atomic mass is 10.1. The Morgan fingerprint density at radius 2 is 1.64 bits per heavy atom. The fourth-order valence-corrected chi connectivity index (χ4v) is 2.59. The van der Waals surface area contributed by atoms with Crippen molar-refractivity contribution in [1.29, 1.82) is 0 Å². The van der Waals surface area contributed by atoms with Gasteiger partial charge >= 0.3 is 0 Å². The van der Waals surface area contributed by atoms with Gasteiger partial charge in [-0.1, -0.05) is 60.7 Å². The Bertz CT molecular complexity index is 616. The van der Waals surface area contributed by atoms with Gasteiger partial charge < -0.3 is 15.2 Å². The third-order valence-electron chi connectivity index (χ3n) is 4.01. The number of hydrogen-bond acceptors (Lipinski definition) is 3. The van der Waals surface area contributed by atoms with E-state index in [1.165, 1.54) is 0 Å². The van der Waals surface area contributed by atoms with Gasteiger partial charge in [0.25, 0.3) is 0 Å². The summed E-state index contributed by atoms with van der Waals surface area (Å²) in [5, 5.41) is 12.2. The molecule has 0 saturated heterocycles. The molecule has 134 valence electrons. The summed E-state index contributed by atoms with van der Waals surface area (Å²) in [4.78, 5) is 12.3. The third kappa shape index (κ3) is 7.50. The molecule has 2 aromatic rings. The Morgan fingerprint density at radius 1 is 1.04 bits per heavy atom. The van der Waals surface area contributed by atoms with Crippen LogP contribution in [0.1, 0.15) is 24.5 Å². The molecule has 2 atom stereocenters. The first-order valence-electron chi connectivity index (χ1n) is 8.77. The largest absolute Gasteiger partial charge is 0.394 e. The molecular weight excluding hydrogens is 314 g/mol. The highest BCUT2D eigenvalue weighted by Crippen LogP contribution is 2.07. The van der Waals surface area contributed by atoms with Gasteiger partial charge in [0.05, 0.1) is 25.4 Å². The number of rotatable bonds is 10. The van der Waals surface area contributed by atoms with E-state index in [1.807, 2.05) is 67.6 Å². The second-order valence-corrected chi connectivity index (χ2v) is 6.27. The zero-order chi connectivity index (χ0) is 17.9. The lowest BCUT2D eigenvalue weighted by Crippen LogP contribution is -2.41. The average Bonchev–Trinajstić information content (AvgIpc) is 2.66. The molecule has 0 fully saturated rings. The predicted molar refractivity (Wildman–Crippen MR) is 99.3 cm³/mol. The summed E-state index contributed by atoms with van der Waals surface area (Å²) in [6, 6.07) is 19.9. The van der Waals surface area contributed by atoms with Crippen LogP contribution in [0.5, 0.6) is 0 Å². The van der Waals surface area contributed by atoms with Crippen molar-refractivity contribution in [2.45, 2.75) is 38.3 Å². The van der Waals surface area contributed by atoms with Gasteiger partial charge in [0.1, 0.15) is 0 Å². The van der Waals surface area contributed by atoms with Crippen molar-refractivity contribution in [2.75, 3.05) is 13.2 Å². The van der Waals surface area contributed by atoms with Crippen LogP contribution >= 0.6 is 0 Å². The molecule has 0 aliphatic carbocycles. The number of benzene rings is 2. The number of hydrogen-bond donors (Lipinski definition) is 2. The van der Waals surface area contributed by atoms with Crippen molar-refractivity contribution >= 4 is 5.91 Å². The zero-order valence-electron chi connectivity index (χ0n) is 14.7. The lowest BCUT2D eigenvalue weighted by molar-refractivity contribution is -0.122. The Labute approximate surface area is 149 Å². The SMILES string of the molecule is CC(CO)OCC(Cc1ccccc1)NC(=O)CCc1ccccc1. The molecule has 4 nitrogen and oxygen atoms in total. The van der Waals surface area contributed by atoms with E-state index in [2.05, 4.69) is 5.32 Å². The highest BCUT2D eigenvalue weighted by Gasteiger charge is 2.15. The summed E-state index contributed by atoms with van der Waals surface area (Å²) in [6.45, 7) is 2.17. The average molecular weight is 341 g/mol. The van der Waals surface area contributed by atoms with Crippen LogP contribution in [-0.4, -0.2) is 36.4 Å². The van der Waals surface area contributed by atoms with Crippen molar-refractivity contribution < 1.29 is 14.6 Å². The highest BCUT2D eigenvalue weighted by molar-refractivity contribution is 5.76. The quantitative estimate of drug-likeness (QED) is 0.699. The molecule has 25 heavy (non-hydrogen) atoms. The fourth-order valence-electron chi connectivity index (χ4n) is 2.59. The van der Waals surface area contributed by atoms with Gasteiger partial charge in [-0.25, -0.2) is 0 Å². The first kappa shape index (κ1) is 19.2. The Hall–Kier alpha value is -2.17. The van der Waals surface area contributed by atoms with Crippen LogP contribution in [0.3, 0.4) is 0 Å². The van der Waals surface area contributed by atoms with E-state index in [0.29, 0.717) is 19.4 Å². The van der Waals surface area contributed by atoms with E-state index in [9.17, 15) is 4.79 Å². The molecular formula is C21H27NO3. The zero-order valence-corrected chi connectivity index (χ0v) is 14.7. The first-order valence-corrected chi connectivity index (χ1v) is 8.77. The van der Waals surface area contributed by atoms with Crippen LogP contribution in [0.25, 0.3) is 0 Å². The minimum atomic E-state index is -0.237. The molecule has 0 aliphatic rings. The van der Waals surface area contributed by atoms with Crippen LogP contribution in [0.2, 0.25) is 0 Å². The molecule has 2 N–H and O–H groups in total. The van der Waals surface area contributed by atoms with E-state index in [-0.39, 0.29) is 24.7 Å². The highest BCUT2D eigenvalue weighted by atomic mass is 16.5. The number of nitrogens with one attached hydrogen (secondary N) is 1. The number of aliphatic hydroxyl groups excluding tert-OH is 1. The third-order valence-corrected chi connectivity index (χ3v) is 4.01. The van der Waals surface area contributed by atoms with Gasteiger partial charge in [0.2, 0.25) is 5.91 Å². The van der Waals surface area contributed by atoms with Crippen LogP contribution in [0, 0.1) is 0 Å². The molecule has 2 rings (SSSR count). The minimum absolute atomic E-state index is 0.0186. The summed E-state index contributed by atoms with van der Waals surface area (Å²) in [5.74, 6) is 0.0186. The Kier molecular flexibility index (Phi) is 8.16. The monoisotopic (exact) mass is 341 g/mol.